The summed E-state index contributed by atoms with van der Waals surface area (Å²) in [6.07, 6.45) is 13.8. The average Bonchev–Trinajstić information content (AvgIpc) is 3.37. The van der Waals surface area contributed by atoms with Crippen molar-refractivity contribution in [2.45, 2.75) is 56.7 Å². The van der Waals surface area contributed by atoms with Crippen LogP contribution in [0.4, 0.5) is 14.6 Å². The Morgan fingerprint density at radius 1 is 1.12 bits per heavy atom. The molecule has 10 heteroatoms. The number of anilines is 1. The monoisotopic (exact) mass is 583 g/mol. The fourth-order valence-electron chi connectivity index (χ4n) is 7.45. The number of aromatic nitrogens is 3. The van der Waals surface area contributed by atoms with Gasteiger partial charge in [-0.25, -0.2) is 8.78 Å². The largest absolute Gasteiger partial charge is 0.508 e. The van der Waals surface area contributed by atoms with Crippen LogP contribution in [0.5, 0.6) is 11.8 Å². The maximum absolute atomic E-state index is 16.7. The molecule has 0 radical (unpaired) electrons. The Bertz CT molecular complexity index is 1790. The lowest BCUT2D eigenvalue weighted by Gasteiger charge is -2.45. The number of hydrogen-bond donors (Lipinski definition) is 2. The van der Waals surface area contributed by atoms with Crippen LogP contribution in [0.15, 0.2) is 30.5 Å². The number of ether oxygens (including phenoxy) is 2. The zero-order chi connectivity index (χ0) is 29.3. The second kappa shape index (κ2) is 10.00. The van der Waals surface area contributed by atoms with Crippen LogP contribution in [0.3, 0.4) is 0 Å². The van der Waals surface area contributed by atoms with Crippen molar-refractivity contribution in [3.63, 3.8) is 0 Å². The van der Waals surface area contributed by atoms with Crippen molar-refractivity contribution in [1.29, 1.82) is 0 Å². The van der Waals surface area contributed by atoms with E-state index in [2.05, 4.69) is 26.1 Å². The number of hydrogen-bond acceptors (Lipinski definition) is 8. The first-order valence-electron chi connectivity index (χ1n) is 14.9. The third-order valence-electron chi connectivity index (χ3n) is 9.74. The fraction of sp³-hybridized carbons (Fsp3) is 0.424. The van der Waals surface area contributed by atoms with E-state index in [0.717, 1.165) is 51.6 Å². The molecule has 2 aromatic heterocycles. The summed E-state index contributed by atoms with van der Waals surface area (Å²) in [5.41, 5.74) is 0.0107. The van der Waals surface area contributed by atoms with Gasteiger partial charge in [-0.05, 0) is 62.1 Å². The summed E-state index contributed by atoms with van der Waals surface area (Å²) in [5, 5.41) is 15.4. The van der Waals surface area contributed by atoms with Gasteiger partial charge in [0.05, 0.1) is 30.3 Å². The number of nitrogens with zero attached hydrogens (tertiary/aromatic N) is 4. The van der Waals surface area contributed by atoms with Gasteiger partial charge in [-0.2, -0.15) is 9.97 Å². The quantitative estimate of drug-likeness (QED) is 0.314. The molecule has 4 bridgehead atoms. The van der Waals surface area contributed by atoms with Crippen molar-refractivity contribution in [2.75, 3.05) is 31.2 Å². The smallest absolute Gasteiger partial charge is 0.319 e. The van der Waals surface area contributed by atoms with Gasteiger partial charge in [0, 0.05) is 47.7 Å². The zero-order valence-corrected chi connectivity index (χ0v) is 23.6. The van der Waals surface area contributed by atoms with Crippen LogP contribution in [0.25, 0.3) is 32.9 Å². The van der Waals surface area contributed by atoms with Crippen molar-refractivity contribution in [1.82, 2.24) is 20.3 Å². The first kappa shape index (κ1) is 26.5. The molecule has 2 aromatic carbocycles. The number of terminal acetylenes is 1. The molecule has 2 N–H and O–H groups in total. The third kappa shape index (κ3) is 4.45. The summed E-state index contributed by atoms with van der Waals surface area (Å²) in [4.78, 5) is 16.1. The lowest BCUT2D eigenvalue weighted by Crippen LogP contribution is -2.51. The number of phenols is 1. The predicted octanol–water partition coefficient (Wildman–Crippen LogP) is 5.09. The van der Waals surface area contributed by atoms with Gasteiger partial charge in [0.1, 0.15) is 28.6 Å². The number of piperazine rings is 1. The van der Waals surface area contributed by atoms with Gasteiger partial charge in [-0.3, -0.25) is 4.98 Å². The van der Waals surface area contributed by atoms with Crippen LogP contribution in [0.1, 0.15) is 44.1 Å². The average molecular weight is 584 g/mol. The number of nitrogens with one attached hydrogen (secondary N) is 1. The Hall–Kier alpha value is -4.07. The lowest BCUT2D eigenvalue weighted by molar-refractivity contribution is -0.128. The van der Waals surface area contributed by atoms with E-state index in [4.69, 9.17) is 20.9 Å². The van der Waals surface area contributed by atoms with Crippen molar-refractivity contribution < 1.29 is 23.4 Å². The molecule has 6 heterocycles. The number of aromatic hydroxyl groups is 1. The zero-order valence-electron chi connectivity index (χ0n) is 23.6. The van der Waals surface area contributed by atoms with Gasteiger partial charge < -0.3 is 24.8 Å². The van der Waals surface area contributed by atoms with E-state index in [-0.39, 0.29) is 39.5 Å². The molecule has 1 aliphatic carbocycles. The molecule has 8 nitrogen and oxygen atoms in total. The molecule has 1 saturated carbocycles. The first-order valence-corrected chi connectivity index (χ1v) is 14.9. The molecule has 0 amide bonds. The molecule has 43 heavy (non-hydrogen) atoms. The van der Waals surface area contributed by atoms with Crippen molar-refractivity contribution >= 4 is 27.5 Å². The molecule has 2 atom stereocenters. The van der Waals surface area contributed by atoms with E-state index in [1.54, 1.807) is 6.20 Å². The summed E-state index contributed by atoms with van der Waals surface area (Å²) in [6, 6.07) is 6.31. The second-order valence-corrected chi connectivity index (χ2v) is 12.5. The van der Waals surface area contributed by atoms with Gasteiger partial charge in [-0.1, -0.05) is 12.0 Å². The Labute approximate surface area is 247 Å². The normalized spacial score (nSPS) is 26.3. The first-order chi connectivity index (χ1) is 20.9. The molecule has 0 unspecified atom stereocenters. The fourth-order valence-corrected chi connectivity index (χ4v) is 7.45. The van der Waals surface area contributed by atoms with Gasteiger partial charge in [-0.15, -0.1) is 6.42 Å². The van der Waals surface area contributed by atoms with Crippen LogP contribution in [0.2, 0.25) is 0 Å². The molecular weight excluding hydrogens is 552 g/mol. The summed E-state index contributed by atoms with van der Waals surface area (Å²) in [7, 11) is 0. The van der Waals surface area contributed by atoms with E-state index < -0.39 is 11.6 Å². The molecule has 0 spiro atoms. The molecule has 5 fully saturated rings. The molecule has 4 aromatic rings. The Morgan fingerprint density at radius 3 is 2.63 bits per heavy atom. The molecule has 4 saturated heterocycles. The molecule has 5 aliphatic rings. The van der Waals surface area contributed by atoms with Crippen LogP contribution in [-0.2, 0) is 4.74 Å². The highest BCUT2D eigenvalue weighted by atomic mass is 19.1. The molecule has 4 aliphatic heterocycles. The molecular formula is C33H31F2N5O3. The van der Waals surface area contributed by atoms with Gasteiger partial charge in [0.15, 0.2) is 5.82 Å². The third-order valence-corrected chi connectivity index (χ3v) is 9.74. The van der Waals surface area contributed by atoms with Crippen molar-refractivity contribution in [3.8, 4) is 35.4 Å². The minimum Gasteiger partial charge on any atom is -0.508 e. The van der Waals surface area contributed by atoms with Crippen molar-refractivity contribution in [2.24, 2.45) is 5.41 Å². The summed E-state index contributed by atoms with van der Waals surface area (Å²) >= 11 is 0. The highest BCUT2D eigenvalue weighted by Gasteiger charge is 2.42. The maximum Gasteiger partial charge on any atom is 0.319 e. The van der Waals surface area contributed by atoms with E-state index in [1.165, 1.54) is 24.3 Å². The van der Waals surface area contributed by atoms with Crippen molar-refractivity contribution in [3.05, 3.63) is 47.7 Å². The highest BCUT2D eigenvalue weighted by Crippen LogP contribution is 2.44. The number of phenolic OH excluding ortho intramolecular Hbond substituents is 1. The van der Waals surface area contributed by atoms with Crippen LogP contribution < -0.4 is 15.0 Å². The Morgan fingerprint density at radius 2 is 1.91 bits per heavy atom. The number of benzene rings is 2. The second-order valence-electron chi connectivity index (χ2n) is 12.5. The van der Waals surface area contributed by atoms with Gasteiger partial charge in [0.2, 0.25) is 0 Å². The van der Waals surface area contributed by atoms with Gasteiger partial charge >= 0.3 is 6.01 Å². The minimum absolute atomic E-state index is 0.0267. The Kier molecular flexibility index (Phi) is 6.17. The van der Waals surface area contributed by atoms with E-state index in [0.29, 0.717) is 53.4 Å². The van der Waals surface area contributed by atoms with E-state index in [9.17, 15) is 9.50 Å². The summed E-state index contributed by atoms with van der Waals surface area (Å²) in [6.45, 7) is 2.48. The number of rotatable bonds is 5. The number of halogens is 2. The summed E-state index contributed by atoms with van der Waals surface area (Å²) < 4.78 is 43.7. The number of fused-ring (bicyclic) bond motifs is 7. The Balaban J connectivity index is 1.27. The molecule has 9 rings (SSSR count). The molecule has 220 valence electrons. The number of pyridine rings is 1. The topological polar surface area (TPSA) is 92.6 Å². The summed E-state index contributed by atoms with van der Waals surface area (Å²) in [5.74, 6) is 1.51. The maximum atomic E-state index is 16.7. The minimum atomic E-state index is -0.720. The van der Waals surface area contributed by atoms with Crippen LogP contribution in [-0.4, -0.2) is 64.5 Å². The van der Waals surface area contributed by atoms with E-state index >= 15 is 4.39 Å². The highest BCUT2D eigenvalue weighted by molar-refractivity contribution is 6.03. The SMILES string of the molecule is C#Cc1c(F)ccc2cc(O)cc(-c3ncc4c(N5C[C@H]6CC[C@@H](C5)N6)nc(OCC56CCC(CC5)OC6)nc4c3F)c12. The van der Waals surface area contributed by atoms with Gasteiger partial charge in [0.25, 0.3) is 0 Å². The predicted molar refractivity (Wildman–Crippen MR) is 158 cm³/mol. The van der Waals surface area contributed by atoms with Crippen LogP contribution in [0, 0.1) is 29.4 Å². The van der Waals surface area contributed by atoms with E-state index in [1.807, 2.05) is 0 Å². The van der Waals surface area contributed by atoms with Crippen LogP contribution >= 0.6 is 0 Å². The lowest BCUT2D eigenvalue weighted by atomic mass is 9.72. The standard InChI is InChI=1S/C33H31F2N5O3/c1-2-23-26(34)6-3-18-11-21(41)12-24(27(18)23)29-28(35)30-25(13-36-29)31(40-14-19-4-5-20(15-40)37-19)39-32(38-30)43-17-33-9-7-22(8-10-33)42-16-33/h1,3,6,11-13,19-20,22,37,41H,4-5,7-10,14-17H2/t19-,20+,22?,33?.